The highest BCUT2D eigenvalue weighted by atomic mass is 35.5. The molecular weight excluding hydrogens is 156 g/mol. The highest BCUT2D eigenvalue weighted by molar-refractivity contribution is 6.30. The fourth-order valence-electron chi connectivity index (χ4n) is 1.01. The van der Waals surface area contributed by atoms with E-state index in [0.29, 0.717) is 0 Å². The normalized spacial score (nSPS) is 10.0. The van der Waals surface area contributed by atoms with Gasteiger partial charge >= 0.3 is 0 Å². The Kier molecular flexibility index (Phi) is 3.44. The second-order valence-corrected chi connectivity index (χ2v) is 3.10. The van der Waals surface area contributed by atoms with Gasteiger partial charge in [-0.15, -0.1) is 0 Å². The van der Waals surface area contributed by atoms with Crippen LogP contribution in [0.3, 0.4) is 0 Å². The van der Waals surface area contributed by atoms with E-state index in [-0.39, 0.29) is 0 Å². The lowest BCUT2D eigenvalue weighted by Gasteiger charge is -1.98. The summed E-state index contributed by atoms with van der Waals surface area (Å²) in [5, 5.41) is 0.790. The maximum absolute atomic E-state index is 5.79. The van der Waals surface area contributed by atoms with E-state index in [4.69, 9.17) is 11.6 Å². The molecule has 0 fully saturated rings. The van der Waals surface area contributed by atoms with Crippen molar-refractivity contribution >= 4 is 11.6 Å². The van der Waals surface area contributed by atoms with E-state index in [9.17, 15) is 0 Å². The number of unbranched alkanes of at least 4 members (excludes halogenated alkanes) is 1. The van der Waals surface area contributed by atoms with Gasteiger partial charge in [0.15, 0.2) is 0 Å². The van der Waals surface area contributed by atoms with Gasteiger partial charge in [-0.2, -0.15) is 0 Å². The van der Waals surface area contributed by atoms with Crippen LogP contribution in [0.2, 0.25) is 5.02 Å². The number of hydrogen-bond acceptors (Lipinski definition) is 0. The van der Waals surface area contributed by atoms with Crippen LogP contribution in [0.5, 0.6) is 0 Å². The average molecular weight is 168 g/mol. The van der Waals surface area contributed by atoms with E-state index in [1.807, 2.05) is 12.1 Å². The molecule has 59 valence electrons. The van der Waals surface area contributed by atoms with E-state index in [1.165, 1.54) is 18.4 Å². The highest BCUT2D eigenvalue weighted by Crippen LogP contribution is 2.11. The third-order valence-corrected chi connectivity index (χ3v) is 1.85. The van der Waals surface area contributed by atoms with Gasteiger partial charge in [-0.25, -0.2) is 0 Å². The minimum Gasteiger partial charge on any atom is -0.0843 e. The minimum absolute atomic E-state index is 0.790. The topological polar surface area (TPSA) is 0 Å². The van der Waals surface area contributed by atoms with Crippen molar-refractivity contribution in [2.24, 2.45) is 0 Å². The zero-order valence-corrected chi connectivity index (χ0v) is 7.49. The molecule has 0 aliphatic heterocycles. The summed E-state index contributed by atoms with van der Waals surface area (Å²) in [5.74, 6) is 0. The van der Waals surface area contributed by atoms with Gasteiger partial charge in [0.2, 0.25) is 0 Å². The van der Waals surface area contributed by atoms with Crippen LogP contribution in [0.15, 0.2) is 18.2 Å². The molecule has 1 heteroatoms. The number of benzene rings is 1. The van der Waals surface area contributed by atoms with Crippen molar-refractivity contribution in [1.82, 2.24) is 0 Å². The Morgan fingerprint density at radius 2 is 2.27 bits per heavy atom. The summed E-state index contributed by atoms with van der Waals surface area (Å²) >= 11 is 5.79. The predicted molar refractivity (Wildman–Crippen MR) is 48.9 cm³/mol. The zero-order valence-electron chi connectivity index (χ0n) is 6.73. The third kappa shape index (κ3) is 2.94. The van der Waals surface area contributed by atoms with Gasteiger partial charge in [0.1, 0.15) is 0 Å². The van der Waals surface area contributed by atoms with E-state index >= 15 is 0 Å². The molecular formula is C10H12Cl. The number of halogens is 1. The van der Waals surface area contributed by atoms with Crippen molar-refractivity contribution in [3.63, 3.8) is 0 Å². The molecule has 0 aliphatic rings. The molecule has 0 nitrogen and oxygen atoms in total. The van der Waals surface area contributed by atoms with E-state index in [0.717, 1.165) is 11.4 Å². The maximum atomic E-state index is 5.79. The molecule has 0 atom stereocenters. The van der Waals surface area contributed by atoms with Crippen LogP contribution in [-0.2, 0) is 6.42 Å². The summed E-state index contributed by atoms with van der Waals surface area (Å²) in [6, 6.07) is 8.80. The molecule has 0 heterocycles. The van der Waals surface area contributed by atoms with Gasteiger partial charge in [0.25, 0.3) is 0 Å². The quantitative estimate of drug-likeness (QED) is 0.647. The summed E-state index contributed by atoms with van der Waals surface area (Å²) in [6.07, 6.45) is 3.58. The van der Waals surface area contributed by atoms with Crippen LogP contribution >= 0.6 is 11.6 Å². The molecule has 11 heavy (non-hydrogen) atoms. The molecule has 1 aromatic rings. The Morgan fingerprint density at radius 1 is 1.45 bits per heavy atom. The monoisotopic (exact) mass is 167 g/mol. The molecule has 0 amide bonds. The highest BCUT2D eigenvalue weighted by Gasteiger charge is 1.92. The van der Waals surface area contributed by atoms with Crippen molar-refractivity contribution < 1.29 is 0 Å². The minimum atomic E-state index is 0.790. The molecule has 1 aromatic carbocycles. The largest absolute Gasteiger partial charge is 0.0843 e. The van der Waals surface area contributed by atoms with Gasteiger partial charge in [-0.3, -0.25) is 0 Å². The predicted octanol–water partition coefficient (Wildman–Crippen LogP) is 3.48. The lowest BCUT2D eigenvalue weighted by molar-refractivity contribution is 0.795. The first-order chi connectivity index (χ1) is 5.33. The first kappa shape index (κ1) is 8.61. The number of rotatable bonds is 3. The SMILES string of the molecule is CCCCc1c[c]cc(Cl)c1. The third-order valence-electron chi connectivity index (χ3n) is 1.63. The van der Waals surface area contributed by atoms with Crippen molar-refractivity contribution in [3.8, 4) is 0 Å². The smallest absolute Gasteiger partial charge is 0.0414 e. The van der Waals surface area contributed by atoms with Crippen LogP contribution < -0.4 is 0 Å². The first-order valence-corrected chi connectivity index (χ1v) is 4.36. The number of hydrogen-bond donors (Lipinski definition) is 0. The van der Waals surface area contributed by atoms with Gasteiger partial charge in [-0.1, -0.05) is 31.0 Å². The van der Waals surface area contributed by atoms with Gasteiger partial charge in [0.05, 0.1) is 0 Å². The van der Waals surface area contributed by atoms with Crippen molar-refractivity contribution in [1.29, 1.82) is 0 Å². The van der Waals surface area contributed by atoms with Crippen molar-refractivity contribution in [3.05, 3.63) is 34.9 Å². The second-order valence-electron chi connectivity index (χ2n) is 2.66. The molecule has 0 saturated heterocycles. The summed E-state index contributed by atoms with van der Waals surface area (Å²) in [6.45, 7) is 2.19. The van der Waals surface area contributed by atoms with Crippen LogP contribution in [-0.4, -0.2) is 0 Å². The van der Waals surface area contributed by atoms with Gasteiger partial charge < -0.3 is 0 Å². The van der Waals surface area contributed by atoms with E-state index in [2.05, 4.69) is 13.0 Å². The van der Waals surface area contributed by atoms with Crippen LogP contribution in [0.4, 0.5) is 0 Å². The van der Waals surface area contributed by atoms with Gasteiger partial charge in [0, 0.05) is 5.02 Å². The van der Waals surface area contributed by atoms with Crippen LogP contribution in [0, 0.1) is 6.07 Å². The average Bonchev–Trinajstić information content (AvgIpc) is 2.01. The Morgan fingerprint density at radius 3 is 2.91 bits per heavy atom. The molecule has 0 N–H and O–H groups in total. The Bertz CT molecular complexity index is 218. The molecule has 0 aromatic heterocycles. The summed E-state index contributed by atoms with van der Waals surface area (Å²) in [4.78, 5) is 0. The molecule has 1 rings (SSSR count). The Balaban J connectivity index is 2.56. The van der Waals surface area contributed by atoms with Crippen molar-refractivity contribution in [2.45, 2.75) is 26.2 Å². The molecule has 0 aliphatic carbocycles. The molecule has 1 radical (unpaired) electrons. The van der Waals surface area contributed by atoms with Crippen LogP contribution in [0.1, 0.15) is 25.3 Å². The molecule has 0 bridgehead atoms. The first-order valence-electron chi connectivity index (χ1n) is 3.98. The maximum Gasteiger partial charge on any atom is 0.0414 e. The molecule has 0 spiro atoms. The summed E-state index contributed by atoms with van der Waals surface area (Å²) < 4.78 is 0. The fraction of sp³-hybridized carbons (Fsp3) is 0.400. The van der Waals surface area contributed by atoms with Crippen molar-refractivity contribution in [2.75, 3.05) is 0 Å². The molecule has 0 saturated carbocycles. The second kappa shape index (κ2) is 4.40. The van der Waals surface area contributed by atoms with Crippen LogP contribution in [0.25, 0.3) is 0 Å². The zero-order chi connectivity index (χ0) is 8.10. The standard InChI is InChI=1S/C10H12Cl/c1-2-3-5-9-6-4-7-10(11)8-9/h6-8H,2-3,5H2,1H3. The van der Waals surface area contributed by atoms with Gasteiger partial charge in [-0.05, 0) is 36.6 Å². The Hall–Kier alpha value is -0.490. The Labute approximate surface area is 73.2 Å². The van der Waals surface area contributed by atoms with E-state index in [1.54, 1.807) is 6.07 Å². The summed E-state index contributed by atoms with van der Waals surface area (Å²) in [7, 11) is 0. The summed E-state index contributed by atoms with van der Waals surface area (Å²) in [5.41, 5.74) is 1.29. The lowest BCUT2D eigenvalue weighted by Crippen LogP contribution is -1.83. The number of aryl methyl sites for hydroxylation is 1. The fourth-order valence-corrected chi connectivity index (χ4v) is 1.22. The molecule has 0 unspecified atom stereocenters. The lowest BCUT2D eigenvalue weighted by atomic mass is 10.1. The van der Waals surface area contributed by atoms with E-state index < -0.39 is 0 Å².